The van der Waals surface area contributed by atoms with Crippen LogP contribution in [0.2, 0.25) is 0 Å². The van der Waals surface area contributed by atoms with Gasteiger partial charge in [0.15, 0.2) is 0 Å². The fourth-order valence-corrected chi connectivity index (χ4v) is 2.86. The van der Waals surface area contributed by atoms with Gasteiger partial charge in [-0.2, -0.15) is 13.2 Å². The van der Waals surface area contributed by atoms with Crippen molar-refractivity contribution in [2.75, 3.05) is 5.32 Å². The van der Waals surface area contributed by atoms with E-state index < -0.39 is 17.2 Å². The zero-order valence-electron chi connectivity index (χ0n) is 13.7. The molecule has 0 unspecified atom stereocenters. The highest BCUT2D eigenvalue weighted by Gasteiger charge is 2.32. The lowest BCUT2D eigenvalue weighted by Crippen LogP contribution is -2.50. The molecule has 0 bridgehead atoms. The molecular weight excluding hydrogens is 341 g/mol. The van der Waals surface area contributed by atoms with Crippen LogP contribution in [0.15, 0.2) is 29.2 Å². The molecule has 1 aliphatic carbocycles. The van der Waals surface area contributed by atoms with E-state index in [1.807, 2.05) is 0 Å². The van der Waals surface area contributed by atoms with Crippen molar-refractivity contribution in [3.05, 3.63) is 24.3 Å². The molecule has 0 atom stereocenters. The summed E-state index contributed by atoms with van der Waals surface area (Å²) >= 11 is -0.129. The Morgan fingerprint density at radius 2 is 1.71 bits per heavy atom. The van der Waals surface area contributed by atoms with Crippen LogP contribution < -0.4 is 10.6 Å². The first kappa shape index (κ1) is 18.8. The lowest BCUT2D eigenvalue weighted by molar-refractivity contribution is -0.0328. The van der Waals surface area contributed by atoms with Crippen molar-refractivity contribution in [2.45, 2.75) is 61.7 Å². The number of hydrogen-bond donors (Lipinski definition) is 2. The van der Waals surface area contributed by atoms with Gasteiger partial charge in [-0.15, -0.1) is 0 Å². The second kappa shape index (κ2) is 7.13. The van der Waals surface area contributed by atoms with Crippen molar-refractivity contribution in [2.24, 2.45) is 0 Å². The topological polar surface area (TPSA) is 50.4 Å². The van der Waals surface area contributed by atoms with Gasteiger partial charge in [0.25, 0.3) is 0 Å². The predicted molar refractivity (Wildman–Crippen MR) is 88.2 cm³/mol. The fraction of sp³-hybridized carbons (Fsp3) is 0.562. The number of amides is 1. The first-order valence-electron chi connectivity index (χ1n) is 7.62. The van der Waals surface area contributed by atoms with E-state index in [-0.39, 0.29) is 28.7 Å². The maximum atomic E-state index is 12.3. The van der Waals surface area contributed by atoms with Gasteiger partial charge in [0, 0.05) is 22.7 Å². The zero-order valence-corrected chi connectivity index (χ0v) is 14.6. The first-order chi connectivity index (χ1) is 11.0. The number of hydrogen-bond acceptors (Lipinski definition) is 4. The molecule has 0 saturated heterocycles. The Kier molecular flexibility index (Phi) is 5.57. The average Bonchev–Trinajstić information content (AvgIpc) is 2.34. The number of carbonyl (C=O) groups is 1. The van der Waals surface area contributed by atoms with E-state index >= 15 is 0 Å². The normalized spacial score (nSPS) is 20.9. The van der Waals surface area contributed by atoms with E-state index in [0.717, 1.165) is 18.5 Å². The Bertz CT molecular complexity index is 564. The van der Waals surface area contributed by atoms with Gasteiger partial charge >= 0.3 is 11.6 Å². The van der Waals surface area contributed by atoms with Crippen LogP contribution in [0.5, 0.6) is 0 Å². The molecule has 2 rings (SSSR count). The number of carbonyl (C=O) groups excluding carboxylic acids is 1. The molecule has 1 amide bonds. The number of alkyl carbamates (subject to hydrolysis) is 1. The van der Waals surface area contributed by atoms with E-state index in [4.69, 9.17) is 4.74 Å². The standard InChI is InChI=1S/C16H21F3N2O2S/c1-15(2,3)23-14(22)21-12-8-11(9-12)20-10-4-6-13(7-5-10)24-16(17,18)19/h4-7,11-12,20H,8-9H2,1-3H3,(H,21,22). The minimum absolute atomic E-state index is 0.0532. The number of benzene rings is 1. The van der Waals surface area contributed by atoms with Crippen molar-refractivity contribution >= 4 is 23.5 Å². The van der Waals surface area contributed by atoms with Gasteiger partial charge in [0.2, 0.25) is 0 Å². The van der Waals surface area contributed by atoms with Crippen LogP contribution in [-0.4, -0.2) is 29.3 Å². The zero-order chi connectivity index (χ0) is 18.0. The number of rotatable bonds is 4. The van der Waals surface area contributed by atoms with Crippen LogP contribution in [0.1, 0.15) is 33.6 Å². The van der Waals surface area contributed by atoms with Crippen LogP contribution >= 0.6 is 11.8 Å². The van der Waals surface area contributed by atoms with E-state index in [9.17, 15) is 18.0 Å². The molecule has 1 aliphatic rings. The molecule has 1 aromatic rings. The molecule has 1 aromatic carbocycles. The number of nitrogens with one attached hydrogen (secondary N) is 2. The van der Waals surface area contributed by atoms with Crippen LogP contribution in [0.3, 0.4) is 0 Å². The Balaban J connectivity index is 1.72. The predicted octanol–water partition coefficient (Wildman–Crippen LogP) is 4.77. The van der Waals surface area contributed by atoms with Gasteiger partial charge in [-0.1, -0.05) is 0 Å². The quantitative estimate of drug-likeness (QED) is 0.758. The number of alkyl halides is 3. The summed E-state index contributed by atoms with van der Waals surface area (Å²) in [6.07, 6.45) is 1.07. The van der Waals surface area contributed by atoms with Crippen molar-refractivity contribution < 1.29 is 22.7 Å². The summed E-state index contributed by atoms with van der Waals surface area (Å²) in [6.45, 7) is 5.41. The van der Waals surface area contributed by atoms with Crippen LogP contribution in [0.4, 0.5) is 23.7 Å². The largest absolute Gasteiger partial charge is 0.446 e. The van der Waals surface area contributed by atoms with Crippen molar-refractivity contribution in [1.82, 2.24) is 5.32 Å². The number of ether oxygens (including phenoxy) is 1. The van der Waals surface area contributed by atoms with E-state index in [1.165, 1.54) is 12.1 Å². The summed E-state index contributed by atoms with van der Waals surface area (Å²) in [4.78, 5) is 11.8. The van der Waals surface area contributed by atoms with Gasteiger partial charge in [0.05, 0.1) is 0 Å². The molecule has 0 heterocycles. The Morgan fingerprint density at radius 1 is 1.12 bits per heavy atom. The minimum atomic E-state index is -4.27. The van der Waals surface area contributed by atoms with E-state index in [2.05, 4.69) is 10.6 Å². The number of halogens is 3. The molecule has 134 valence electrons. The lowest BCUT2D eigenvalue weighted by atomic mass is 9.86. The fourth-order valence-electron chi connectivity index (χ4n) is 2.32. The summed E-state index contributed by atoms with van der Waals surface area (Å²) in [7, 11) is 0. The third-order valence-corrected chi connectivity index (χ3v) is 4.06. The summed E-state index contributed by atoms with van der Waals surface area (Å²) in [5.41, 5.74) is -4.03. The van der Waals surface area contributed by atoms with Crippen molar-refractivity contribution in [3.8, 4) is 0 Å². The molecule has 0 aliphatic heterocycles. The third-order valence-electron chi connectivity index (χ3n) is 3.32. The summed E-state index contributed by atoms with van der Waals surface area (Å²) in [6, 6.07) is 6.37. The maximum Gasteiger partial charge on any atom is 0.446 e. The van der Waals surface area contributed by atoms with E-state index in [0.29, 0.717) is 0 Å². The lowest BCUT2D eigenvalue weighted by Gasteiger charge is -2.37. The van der Waals surface area contributed by atoms with Crippen molar-refractivity contribution in [3.63, 3.8) is 0 Å². The SMILES string of the molecule is CC(C)(C)OC(=O)NC1CC(Nc2ccc(SC(F)(F)F)cc2)C1. The second-order valence-corrected chi connectivity index (χ2v) is 7.87. The molecule has 1 fully saturated rings. The molecule has 0 radical (unpaired) electrons. The number of anilines is 1. The van der Waals surface area contributed by atoms with Crippen LogP contribution in [-0.2, 0) is 4.74 Å². The second-order valence-electron chi connectivity index (χ2n) is 6.73. The van der Waals surface area contributed by atoms with Gasteiger partial charge in [-0.25, -0.2) is 4.79 Å². The third kappa shape index (κ3) is 6.51. The molecule has 0 aromatic heterocycles. The highest BCUT2D eigenvalue weighted by Crippen LogP contribution is 2.37. The molecule has 8 heteroatoms. The van der Waals surface area contributed by atoms with Crippen LogP contribution in [0.25, 0.3) is 0 Å². The first-order valence-corrected chi connectivity index (χ1v) is 8.44. The molecule has 1 saturated carbocycles. The molecule has 4 nitrogen and oxygen atoms in total. The summed E-state index contributed by atoms with van der Waals surface area (Å²) in [5, 5.41) is 6.03. The minimum Gasteiger partial charge on any atom is -0.444 e. The maximum absolute atomic E-state index is 12.3. The molecule has 2 N–H and O–H groups in total. The van der Waals surface area contributed by atoms with Gasteiger partial charge in [-0.3, -0.25) is 0 Å². The van der Waals surface area contributed by atoms with Gasteiger partial charge in [0.1, 0.15) is 5.60 Å². The molecular formula is C16H21F3N2O2S. The monoisotopic (exact) mass is 362 g/mol. The molecule has 24 heavy (non-hydrogen) atoms. The highest BCUT2D eigenvalue weighted by atomic mass is 32.2. The average molecular weight is 362 g/mol. The van der Waals surface area contributed by atoms with Gasteiger partial charge < -0.3 is 15.4 Å². The summed E-state index contributed by atoms with van der Waals surface area (Å²) < 4.78 is 42.0. The Labute approximate surface area is 143 Å². The Morgan fingerprint density at radius 3 is 2.21 bits per heavy atom. The van der Waals surface area contributed by atoms with E-state index in [1.54, 1.807) is 32.9 Å². The highest BCUT2D eigenvalue weighted by molar-refractivity contribution is 8.00. The van der Waals surface area contributed by atoms with Crippen molar-refractivity contribution in [1.29, 1.82) is 0 Å². The van der Waals surface area contributed by atoms with Gasteiger partial charge in [-0.05, 0) is 69.6 Å². The number of thioether (sulfide) groups is 1. The smallest absolute Gasteiger partial charge is 0.444 e. The Hall–Kier alpha value is -1.57. The molecule has 0 spiro atoms. The summed E-state index contributed by atoms with van der Waals surface area (Å²) in [5.74, 6) is 0. The van der Waals surface area contributed by atoms with Crippen LogP contribution in [0, 0.1) is 0 Å².